The number of piperidine rings is 1. The van der Waals surface area contributed by atoms with Gasteiger partial charge in [-0.3, -0.25) is 9.88 Å². The molecule has 168 valence electrons. The van der Waals surface area contributed by atoms with Crippen LogP contribution in [0.2, 0.25) is 0 Å². The third kappa shape index (κ3) is 4.62. The van der Waals surface area contributed by atoms with E-state index in [1.165, 1.54) is 22.9 Å². The Morgan fingerprint density at radius 1 is 1.12 bits per heavy atom. The molecule has 0 saturated carbocycles. The molecule has 3 aromatic rings. The molecule has 1 aromatic carbocycles. The Morgan fingerprint density at radius 2 is 1.97 bits per heavy atom. The number of hydrogen-bond acceptors (Lipinski definition) is 4. The molecule has 2 aromatic heterocycles. The molecule has 1 fully saturated rings. The van der Waals surface area contributed by atoms with Crippen LogP contribution in [-0.4, -0.2) is 38.8 Å². The fourth-order valence-electron chi connectivity index (χ4n) is 5.31. The van der Waals surface area contributed by atoms with E-state index in [1.807, 2.05) is 35.4 Å². The molecule has 1 N–H and O–H groups in total. The molecule has 0 radical (unpaired) electrons. The summed E-state index contributed by atoms with van der Waals surface area (Å²) >= 11 is 0. The lowest BCUT2D eigenvalue weighted by Crippen LogP contribution is -2.45. The van der Waals surface area contributed by atoms with Crippen LogP contribution in [0.25, 0.3) is 5.69 Å². The van der Waals surface area contributed by atoms with Crippen LogP contribution >= 0.6 is 0 Å². The first-order chi connectivity index (χ1) is 15.5. The first-order valence-electron chi connectivity index (χ1n) is 11.7. The van der Waals surface area contributed by atoms with Crippen molar-refractivity contribution in [2.75, 3.05) is 13.1 Å². The highest BCUT2D eigenvalue weighted by molar-refractivity contribution is 5.38. The molecule has 6 heteroatoms. The van der Waals surface area contributed by atoms with Gasteiger partial charge in [-0.2, -0.15) is 5.10 Å². The quantitative estimate of drug-likeness (QED) is 0.635. The number of rotatable bonds is 5. The molecule has 1 atom stereocenters. The molecule has 1 unspecified atom stereocenters. The zero-order chi connectivity index (χ0) is 22.1. The number of nitrogens with one attached hydrogen (secondary N) is 1. The van der Waals surface area contributed by atoms with Crippen LogP contribution in [0.15, 0.2) is 55.0 Å². The monoisotopic (exact) mass is 433 g/mol. The van der Waals surface area contributed by atoms with Crippen LogP contribution < -0.4 is 5.32 Å². The number of hydrogen-bond donors (Lipinski definition) is 1. The van der Waals surface area contributed by atoms with Crippen molar-refractivity contribution in [2.45, 2.75) is 58.2 Å². The molecule has 5 rings (SSSR count). The molecular formula is C26H32FN5. The second-order valence-electron chi connectivity index (χ2n) is 10.1. The summed E-state index contributed by atoms with van der Waals surface area (Å²) in [5.41, 5.74) is 4.72. The van der Waals surface area contributed by atoms with Gasteiger partial charge in [0.1, 0.15) is 5.82 Å². The van der Waals surface area contributed by atoms with Crippen LogP contribution in [-0.2, 0) is 13.0 Å². The number of benzene rings is 1. The molecule has 1 saturated heterocycles. The number of aromatic nitrogens is 3. The van der Waals surface area contributed by atoms with Gasteiger partial charge in [0.15, 0.2) is 0 Å². The average Bonchev–Trinajstić information content (AvgIpc) is 3.19. The summed E-state index contributed by atoms with van der Waals surface area (Å²) in [6.07, 6.45) is 10.1. The molecule has 0 spiro atoms. The minimum atomic E-state index is -0.227. The predicted molar refractivity (Wildman–Crippen MR) is 124 cm³/mol. The minimum Gasteiger partial charge on any atom is -0.307 e. The topological polar surface area (TPSA) is 46.0 Å². The molecule has 1 aliphatic heterocycles. The minimum absolute atomic E-state index is 0.163. The normalized spacial score (nSPS) is 21.4. The smallest absolute Gasteiger partial charge is 0.125 e. The molecule has 0 amide bonds. The van der Waals surface area contributed by atoms with Gasteiger partial charge < -0.3 is 5.32 Å². The van der Waals surface area contributed by atoms with Gasteiger partial charge in [0.25, 0.3) is 0 Å². The Labute approximate surface area is 189 Å². The fraction of sp³-hybridized carbons (Fsp3) is 0.462. The SMILES string of the molecule is CC1(C)Cc2c(cnn2-c2cccc(F)c2)C(NC2CCN(Cc3cccnc3)CC2)C1. The zero-order valence-electron chi connectivity index (χ0n) is 19.0. The first kappa shape index (κ1) is 21.3. The highest BCUT2D eigenvalue weighted by Gasteiger charge is 2.36. The summed E-state index contributed by atoms with van der Waals surface area (Å²) in [7, 11) is 0. The Morgan fingerprint density at radius 3 is 2.72 bits per heavy atom. The van der Waals surface area contributed by atoms with Crippen molar-refractivity contribution >= 4 is 0 Å². The molecule has 2 aliphatic rings. The number of nitrogens with zero attached hydrogens (tertiary/aromatic N) is 4. The number of likely N-dealkylation sites (tertiary alicyclic amines) is 1. The molecule has 0 bridgehead atoms. The number of pyridine rings is 1. The lowest BCUT2D eigenvalue weighted by Gasteiger charge is -2.40. The van der Waals surface area contributed by atoms with Crippen LogP contribution in [0.5, 0.6) is 0 Å². The maximum atomic E-state index is 13.8. The number of halogens is 1. The van der Waals surface area contributed by atoms with Crippen LogP contribution in [0.3, 0.4) is 0 Å². The van der Waals surface area contributed by atoms with Gasteiger partial charge in [0, 0.05) is 42.3 Å². The van der Waals surface area contributed by atoms with Crippen molar-refractivity contribution in [3.63, 3.8) is 0 Å². The predicted octanol–water partition coefficient (Wildman–Crippen LogP) is 4.67. The molecule has 32 heavy (non-hydrogen) atoms. The van der Waals surface area contributed by atoms with Gasteiger partial charge in [-0.05, 0) is 74.0 Å². The van der Waals surface area contributed by atoms with E-state index in [0.717, 1.165) is 51.0 Å². The van der Waals surface area contributed by atoms with E-state index in [9.17, 15) is 4.39 Å². The van der Waals surface area contributed by atoms with E-state index in [-0.39, 0.29) is 17.3 Å². The third-order valence-electron chi connectivity index (χ3n) is 6.89. The number of fused-ring (bicyclic) bond motifs is 1. The highest BCUT2D eigenvalue weighted by Crippen LogP contribution is 2.42. The third-order valence-corrected chi connectivity index (χ3v) is 6.89. The summed E-state index contributed by atoms with van der Waals surface area (Å²) in [6, 6.07) is 11.7. The Hall–Kier alpha value is -2.57. The largest absolute Gasteiger partial charge is 0.307 e. The maximum absolute atomic E-state index is 13.8. The van der Waals surface area contributed by atoms with E-state index >= 15 is 0 Å². The van der Waals surface area contributed by atoms with E-state index in [2.05, 4.69) is 40.2 Å². The van der Waals surface area contributed by atoms with Crippen molar-refractivity contribution in [3.05, 3.63) is 77.6 Å². The lowest BCUT2D eigenvalue weighted by atomic mass is 9.74. The van der Waals surface area contributed by atoms with Crippen molar-refractivity contribution in [1.82, 2.24) is 25.0 Å². The van der Waals surface area contributed by atoms with E-state index < -0.39 is 0 Å². The molecule has 5 nitrogen and oxygen atoms in total. The molecule has 3 heterocycles. The van der Waals surface area contributed by atoms with Crippen LogP contribution in [0.4, 0.5) is 4.39 Å². The molecule has 1 aliphatic carbocycles. The van der Waals surface area contributed by atoms with Crippen molar-refractivity contribution in [3.8, 4) is 5.69 Å². The van der Waals surface area contributed by atoms with Crippen molar-refractivity contribution in [1.29, 1.82) is 0 Å². The second-order valence-corrected chi connectivity index (χ2v) is 10.1. The highest BCUT2D eigenvalue weighted by atomic mass is 19.1. The van der Waals surface area contributed by atoms with Gasteiger partial charge in [-0.25, -0.2) is 9.07 Å². The van der Waals surface area contributed by atoms with Gasteiger partial charge in [-0.15, -0.1) is 0 Å². The summed E-state index contributed by atoms with van der Waals surface area (Å²) < 4.78 is 15.8. The lowest BCUT2D eigenvalue weighted by molar-refractivity contribution is 0.168. The Balaban J connectivity index is 1.28. The van der Waals surface area contributed by atoms with E-state index in [1.54, 1.807) is 12.1 Å². The molecular weight excluding hydrogens is 401 g/mol. The van der Waals surface area contributed by atoms with E-state index in [0.29, 0.717) is 6.04 Å². The Bertz CT molecular complexity index is 1050. The van der Waals surface area contributed by atoms with E-state index in [4.69, 9.17) is 0 Å². The maximum Gasteiger partial charge on any atom is 0.125 e. The standard InChI is InChI=1S/C26H32FN5/c1-26(2)14-24(23-17-29-32(25(23)15-26)22-7-3-6-20(27)13-22)30-21-8-11-31(12-9-21)18-19-5-4-10-28-16-19/h3-7,10,13,16-17,21,24,30H,8-9,11-12,14-15,18H2,1-2H3. The average molecular weight is 434 g/mol. The Kier molecular flexibility index (Phi) is 5.82. The zero-order valence-corrected chi connectivity index (χ0v) is 19.0. The van der Waals surface area contributed by atoms with Crippen molar-refractivity contribution in [2.24, 2.45) is 5.41 Å². The van der Waals surface area contributed by atoms with Gasteiger partial charge in [0.2, 0.25) is 0 Å². The second kappa shape index (κ2) is 8.75. The van der Waals surface area contributed by atoms with Crippen molar-refractivity contribution < 1.29 is 4.39 Å². The van der Waals surface area contributed by atoms with Crippen LogP contribution in [0.1, 0.15) is 56.0 Å². The van der Waals surface area contributed by atoms with Crippen LogP contribution in [0, 0.1) is 11.2 Å². The summed E-state index contributed by atoms with van der Waals surface area (Å²) in [5, 5.41) is 8.64. The van der Waals surface area contributed by atoms with Gasteiger partial charge >= 0.3 is 0 Å². The summed E-state index contributed by atoms with van der Waals surface area (Å²) in [4.78, 5) is 6.76. The first-order valence-corrected chi connectivity index (χ1v) is 11.7. The fourth-order valence-corrected chi connectivity index (χ4v) is 5.31. The summed E-state index contributed by atoms with van der Waals surface area (Å²) in [5.74, 6) is -0.227. The van der Waals surface area contributed by atoms with Gasteiger partial charge in [0.05, 0.1) is 11.9 Å². The summed E-state index contributed by atoms with van der Waals surface area (Å²) in [6.45, 7) is 7.81. The van der Waals surface area contributed by atoms with Gasteiger partial charge in [-0.1, -0.05) is 26.0 Å².